The zero-order chi connectivity index (χ0) is 14.3. The number of aromatic nitrogens is 2. The van der Waals surface area contributed by atoms with Crippen LogP contribution in [-0.2, 0) is 11.3 Å². The summed E-state index contributed by atoms with van der Waals surface area (Å²) in [5, 5.41) is 9.13. The van der Waals surface area contributed by atoms with E-state index in [1.807, 2.05) is 25.7 Å². The molecule has 0 radical (unpaired) electrons. The van der Waals surface area contributed by atoms with Crippen LogP contribution in [0.1, 0.15) is 26.6 Å². The molecule has 7 nitrogen and oxygen atoms in total. The van der Waals surface area contributed by atoms with Gasteiger partial charge < -0.3 is 20.2 Å². The molecule has 1 heterocycles. The molecule has 1 rings (SSSR count). The van der Waals surface area contributed by atoms with Crippen LogP contribution in [0.3, 0.4) is 0 Å². The van der Waals surface area contributed by atoms with Crippen molar-refractivity contribution >= 4 is 11.6 Å². The Labute approximate surface area is 113 Å². The molecule has 4 N–H and O–H groups in total. The molecule has 0 saturated heterocycles. The maximum absolute atomic E-state index is 9.13. The monoisotopic (exact) mass is 269 g/mol. The van der Waals surface area contributed by atoms with Crippen molar-refractivity contribution in [1.29, 1.82) is 0 Å². The van der Waals surface area contributed by atoms with Crippen molar-refractivity contribution in [3.8, 4) is 0 Å². The summed E-state index contributed by atoms with van der Waals surface area (Å²) < 4.78 is 5.31. The highest BCUT2D eigenvalue weighted by molar-refractivity contribution is 5.49. The number of anilines is 2. The Balaban J connectivity index is 3.02. The quantitative estimate of drug-likeness (QED) is 0.467. The van der Waals surface area contributed by atoms with E-state index in [2.05, 4.69) is 15.4 Å². The third-order valence-corrected chi connectivity index (χ3v) is 2.60. The molecule has 1 aromatic rings. The van der Waals surface area contributed by atoms with E-state index in [0.717, 1.165) is 5.82 Å². The molecule has 0 amide bonds. The highest BCUT2D eigenvalue weighted by Gasteiger charge is 2.14. The number of nitrogens with zero attached hydrogens (tertiary/aromatic N) is 3. The molecule has 0 aliphatic carbocycles. The third-order valence-electron chi connectivity index (χ3n) is 2.60. The molecule has 0 aliphatic rings. The van der Waals surface area contributed by atoms with Crippen molar-refractivity contribution in [3.05, 3.63) is 11.9 Å². The Hall–Kier alpha value is -1.44. The van der Waals surface area contributed by atoms with Gasteiger partial charge in [0.05, 0.1) is 6.61 Å². The normalized spacial score (nSPS) is 10.8. The Morgan fingerprint density at radius 1 is 1.47 bits per heavy atom. The Morgan fingerprint density at radius 3 is 2.74 bits per heavy atom. The summed E-state index contributed by atoms with van der Waals surface area (Å²) >= 11 is 0. The molecule has 0 spiro atoms. The van der Waals surface area contributed by atoms with Gasteiger partial charge in [0.25, 0.3) is 0 Å². The van der Waals surface area contributed by atoms with Crippen molar-refractivity contribution in [3.63, 3.8) is 0 Å². The summed E-state index contributed by atoms with van der Waals surface area (Å²) in [5.74, 6) is 7.24. The highest BCUT2D eigenvalue weighted by Crippen LogP contribution is 2.18. The van der Waals surface area contributed by atoms with Crippen LogP contribution in [0.2, 0.25) is 0 Å². The molecule has 108 valence electrons. The highest BCUT2D eigenvalue weighted by atomic mass is 16.5. The van der Waals surface area contributed by atoms with Gasteiger partial charge in [0.2, 0.25) is 0 Å². The predicted octanol–water partition coefficient (Wildman–Crippen LogP) is 0.506. The number of hydrazine groups is 1. The molecule has 1 aromatic heterocycles. The Kier molecular flexibility index (Phi) is 6.48. The number of nitrogens with one attached hydrogen (secondary N) is 1. The number of ether oxygens (including phenoxy) is 1. The fourth-order valence-electron chi connectivity index (χ4n) is 1.71. The van der Waals surface area contributed by atoms with Crippen molar-refractivity contribution in [2.24, 2.45) is 5.84 Å². The summed E-state index contributed by atoms with van der Waals surface area (Å²) in [4.78, 5) is 10.7. The molecule has 19 heavy (non-hydrogen) atoms. The van der Waals surface area contributed by atoms with Gasteiger partial charge in [-0.05, 0) is 20.8 Å². The molecule has 0 unspecified atom stereocenters. The number of aliphatic hydroxyl groups excluding tert-OH is 1. The lowest BCUT2D eigenvalue weighted by atomic mass is 10.3. The summed E-state index contributed by atoms with van der Waals surface area (Å²) in [5.41, 5.74) is 2.52. The first-order valence-corrected chi connectivity index (χ1v) is 6.42. The lowest BCUT2D eigenvalue weighted by Crippen LogP contribution is -2.34. The molecule has 0 bridgehead atoms. The first kappa shape index (κ1) is 15.6. The van der Waals surface area contributed by atoms with Crippen LogP contribution in [0.25, 0.3) is 0 Å². The average Bonchev–Trinajstić information content (AvgIpc) is 2.41. The molecule has 0 aliphatic heterocycles. The van der Waals surface area contributed by atoms with E-state index in [4.69, 9.17) is 15.7 Å². The van der Waals surface area contributed by atoms with Gasteiger partial charge in [0.1, 0.15) is 18.2 Å². The summed E-state index contributed by atoms with van der Waals surface area (Å²) in [6, 6.07) is 1.97. The minimum absolute atomic E-state index is 0.0639. The number of nitrogens with two attached hydrogens (primary N) is 1. The molecule has 0 atom stereocenters. The first-order chi connectivity index (χ1) is 9.12. The standard InChI is InChI=1S/C12H23N5O2/c1-4-19-8-11-14-10(16-13)7-12(15-11)17(5-6-18)9(2)3/h7,9,18H,4-6,8,13H2,1-3H3,(H,14,15,16). The van der Waals surface area contributed by atoms with Crippen molar-refractivity contribution < 1.29 is 9.84 Å². The second-order valence-electron chi connectivity index (χ2n) is 4.32. The summed E-state index contributed by atoms with van der Waals surface area (Å²) in [6.07, 6.45) is 0. The number of rotatable bonds is 8. The molecule has 0 saturated carbocycles. The molecular formula is C12H23N5O2. The number of hydrogen-bond acceptors (Lipinski definition) is 7. The van der Waals surface area contributed by atoms with Crippen molar-refractivity contribution in [1.82, 2.24) is 9.97 Å². The Bertz CT molecular complexity index is 386. The first-order valence-electron chi connectivity index (χ1n) is 6.42. The number of aliphatic hydroxyl groups is 1. The molecular weight excluding hydrogens is 246 g/mol. The maximum Gasteiger partial charge on any atom is 0.158 e. The zero-order valence-corrected chi connectivity index (χ0v) is 11.8. The van der Waals surface area contributed by atoms with Gasteiger partial charge >= 0.3 is 0 Å². The fourth-order valence-corrected chi connectivity index (χ4v) is 1.71. The van der Waals surface area contributed by atoms with E-state index < -0.39 is 0 Å². The van der Waals surface area contributed by atoms with Gasteiger partial charge in [-0.1, -0.05) is 0 Å². The van der Waals surface area contributed by atoms with E-state index in [9.17, 15) is 0 Å². The zero-order valence-electron chi connectivity index (χ0n) is 11.8. The van der Waals surface area contributed by atoms with Crippen LogP contribution in [-0.4, -0.2) is 40.9 Å². The minimum Gasteiger partial charge on any atom is -0.395 e. The van der Waals surface area contributed by atoms with Gasteiger partial charge in [-0.15, -0.1) is 0 Å². The predicted molar refractivity (Wildman–Crippen MR) is 74.7 cm³/mol. The van der Waals surface area contributed by atoms with E-state index in [1.165, 1.54) is 0 Å². The average molecular weight is 269 g/mol. The van der Waals surface area contributed by atoms with Crippen LogP contribution in [0.15, 0.2) is 6.07 Å². The van der Waals surface area contributed by atoms with Crippen LogP contribution >= 0.6 is 0 Å². The molecule has 0 fully saturated rings. The SMILES string of the molecule is CCOCc1nc(NN)cc(N(CCO)C(C)C)n1. The molecule has 0 aromatic carbocycles. The van der Waals surface area contributed by atoms with Crippen molar-refractivity contribution in [2.75, 3.05) is 30.1 Å². The van der Waals surface area contributed by atoms with Gasteiger partial charge in [0, 0.05) is 25.3 Å². The van der Waals surface area contributed by atoms with E-state index in [-0.39, 0.29) is 12.6 Å². The van der Waals surface area contributed by atoms with Gasteiger partial charge in [-0.2, -0.15) is 0 Å². The fraction of sp³-hybridized carbons (Fsp3) is 0.667. The smallest absolute Gasteiger partial charge is 0.158 e. The minimum atomic E-state index is 0.0639. The number of nitrogen functional groups attached to an aromatic ring is 1. The topological polar surface area (TPSA) is 96.5 Å². The van der Waals surface area contributed by atoms with Crippen LogP contribution in [0.5, 0.6) is 0 Å². The second-order valence-corrected chi connectivity index (χ2v) is 4.32. The Morgan fingerprint density at radius 2 is 2.21 bits per heavy atom. The van der Waals surface area contributed by atoms with Crippen molar-refractivity contribution in [2.45, 2.75) is 33.4 Å². The summed E-state index contributed by atoms with van der Waals surface area (Å²) in [7, 11) is 0. The van der Waals surface area contributed by atoms with Crippen LogP contribution < -0.4 is 16.2 Å². The lowest BCUT2D eigenvalue weighted by Gasteiger charge is -2.27. The lowest BCUT2D eigenvalue weighted by molar-refractivity contribution is 0.128. The van der Waals surface area contributed by atoms with E-state index in [1.54, 1.807) is 6.07 Å². The largest absolute Gasteiger partial charge is 0.395 e. The van der Waals surface area contributed by atoms with Crippen LogP contribution in [0.4, 0.5) is 11.6 Å². The van der Waals surface area contributed by atoms with Gasteiger partial charge in [0.15, 0.2) is 5.82 Å². The van der Waals surface area contributed by atoms with Gasteiger partial charge in [-0.25, -0.2) is 15.8 Å². The van der Waals surface area contributed by atoms with Gasteiger partial charge in [-0.3, -0.25) is 0 Å². The number of hydrogen-bond donors (Lipinski definition) is 3. The van der Waals surface area contributed by atoms with Crippen LogP contribution in [0, 0.1) is 0 Å². The maximum atomic E-state index is 9.13. The third kappa shape index (κ3) is 4.62. The van der Waals surface area contributed by atoms with E-state index >= 15 is 0 Å². The molecule has 7 heteroatoms. The second kappa shape index (κ2) is 7.88. The summed E-state index contributed by atoms with van der Waals surface area (Å²) in [6.45, 7) is 7.50. The van der Waals surface area contributed by atoms with E-state index in [0.29, 0.717) is 31.4 Å².